The molecule has 1 amide bonds. The van der Waals surface area contributed by atoms with Crippen LogP contribution in [0, 0.1) is 0 Å². The van der Waals surface area contributed by atoms with Crippen molar-refractivity contribution >= 4 is 27.7 Å². The first-order valence-corrected chi connectivity index (χ1v) is 8.35. The Kier molecular flexibility index (Phi) is 4.45. The number of carbonyl (C=O) groups is 1. The Morgan fingerprint density at radius 2 is 2.29 bits per heavy atom. The third-order valence-electron chi connectivity index (χ3n) is 4.49. The van der Waals surface area contributed by atoms with Gasteiger partial charge in [-0.25, -0.2) is 4.98 Å². The zero-order valence-corrected chi connectivity index (χ0v) is 13.8. The normalized spacial score (nSPS) is 25.4. The van der Waals surface area contributed by atoms with Gasteiger partial charge in [0.05, 0.1) is 5.56 Å². The standard InChI is InChI=1S/C15H21BrN4O/c1-17-14-13(7-10(16)9-18-14)15(21)19-11-4-6-20-5-2-3-12(20)8-11/h7,9,11-12H,2-6,8H2,1H3,(H,17,18)(H,19,21). The van der Waals surface area contributed by atoms with Crippen molar-refractivity contribution in [1.29, 1.82) is 0 Å². The van der Waals surface area contributed by atoms with Gasteiger partial charge in [-0.15, -0.1) is 0 Å². The topological polar surface area (TPSA) is 57.3 Å². The van der Waals surface area contributed by atoms with Gasteiger partial charge in [0.25, 0.3) is 5.91 Å². The Morgan fingerprint density at radius 3 is 3.10 bits per heavy atom. The van der Waals surface area contributed by atoms with Crippen LogP contribution in [0.15, 0.2) is 16.7 Å². The van der Waals surface area contributed by atoms with E-state index in [4.69, 9.17) is 0 Å². The van der Waals surface area contributed by atoms with E-state index in [1.54, 1.807) is 13.2 Å². The highest BCUT2D eigenvalue weighted by molar-refractivity contribution is 9.10. The third kappa shape index (κ3) is 3.21. The number of carbonyl (C=O) groups excluding carboxylic acids is 1. The summed E-state index contributed by atoms with van der Waals surface area (Å²) in [5.41, 5.74) is 0.598. The molecular weight excluding hydrogens is 332 g/mol. The van der Waals surface area contributed by atoms with Gasteiger partial charge in [-0.2, -0.15) is 0 Å². The summed E-state index contributed by atoms with van der Waals surface area (Å²) in [5, 5.41) is 6.16. The maximum atomic E-state index is 12.5. The van der Waals surface area contributed by atoms with Gasteiger partial charge in [0.1, 0.15) is 5.82 Å². The SMILES string of the molecule is CNc1ncc(Br)cc1C(=O)NC1CCN2CCCC2C1. The van der Waals surface area contributed by atoms with Crippen LogP contribution in [0.1, 0.15) is 36.0 Å². The lowest BCUT2D eigenvalue weighted by Crippen LogP contribution is -2.47. The number of amides is 1. The molecule has 6 heteroatoms. The first-order chi connectivity index (χ1) is 10.2. The van der Waals surface area contributed by atoms with Gasteiger partial charge in [0.2, 0.25) is 0 Å². The minimum Gasteiger partial charge on any atom is -0.372 e. The van der Waals surface area contributed by atoms with Crippen LogP contribution in [-0.2, 0) is 0 Å². The Labute approximate surface area is 133 Å². The van der Waals surface area contributed by atoms with Crippen LogP contribution in [0.5, 0.6) is 0 Å². The zero-order valence-electron chi connectivity index (χ0n) is 12.2. The average molecular weight is 353 g/mol. The minimum atomic E-state index is -0.0374. The van der Waals surface area contributed by atoms with Crippen LogP contribution >= 0.6 is 15.9 Å². The number of pyridine rings is 1. The van der Waals surface area contributed by atoms with E-state index in [0.29, 0.717) is 17.4 Å². The lowest BCUT2D eigenvalue weighted by Gasteiger charge is -2.35. The van der Waals surface area contributed by atoms with Gasteiger partial charge >= 0.3 is 0 Å². The predicted octanol–water partition coefficient (Wildman–Crippen LogP) is 2.24. The maximum absolute atomic E-state index is 12.5. The lowest BCUT2D eigenvalue weighted by molar-refractivity contribution is 0.0896. The number of hydrogen-bond acceptors (Lipinski definition) is 4. The average Bonchev–Trinajstić information content (AvgIpc) is 2.94. The van der Waals surface area contributed by atoms with Crippen LogP contribution in [0.3, 0.4) is 0 Å². The van der Waals surface area contributed by atoms with Gasteiger partial charge in [0, 0.05) is 36.3 Å². The van der Waals surface area contributed by atoms with Gasteiger partial charge < -0.3 is 15.5 Å². The fourth-order valence-corrected chi connectivity index (χ4v) is 3.76. The third-order valence-corrected chi connectivity index (χ3v) is 4.93. The van der Waals surface area contributed by atoms with Crippen LogP contribution in [-0.4, -0.2) is 48.0 Å². The van der Waals surface area contributed by atoms with Crippen molar-refractivity contribution in [2.75, 3.05) is 25.5 Å². The number of aromatic nitrogens is 1. The van der Waals surface area contributed by atoms with Crippen molar-refractivity contribution in [3.05, 3.63) is 22.3 Å². The molecule has 2 unspecified atom stereocenters. The van der Waals surface area contributed by atoms with Crippen molar-refractivity contribution in [2.24, 2.45) is 0 Å². The highest BCUT2D eigenvalue weighted by atomic mass is 79.9. The molecule has 0 aliphatic carbocycles. The molecule has 0 saturated carbocycles. The summed E-state index contributed by atoms with van der Waals surface area (Å²) >= 11 is 3.38. The van der Waals surface area contributed by atoms with Gasteiger partial charge in [-0.05, 0) is 54.2 Å². The summed E-state index contributed by atoms with van der Waals surface area (Å²) < 4.78 is 0.817. The van der Waals surface area contributed by atoms with Crippen LogP contribution in [0.4, 0.5) is 5.82 Å². The Balaban J connectivity index is 1.67. The molecule has 21 heavy (non-hydrogen) atoms. The van der Waals surface area contributed by atoms with E-state index in [-0.39, 0.29) is 11.9 Å². The fourth-order valence-electron chi connectivity index (χ4n) is 3.43. The molecule has 0 spiro atoms. The molecule has 5 nitrogen and oxygen atoms in total. The van der Waals surface area contributed by atoms with Crippen LogP contribution < -0.4 is 10.6 Å². The van der Waals surface area contributed by atoms with Crippen molar-refractivity contribution in [1.82, 2.24) is 15.2 Å². The quantitative estimate of drug-likeness (QED) is 0.875. The summed E-state index contributed by atoms with van der Waals surface area (Å²) in [4.78, 5) is 19.3. The van der Waals surface area contributed by atoms with E-state index in [1.165, 1.54) is 19.4 Å². The molecule has 3 heterocycles. The molecule has 2 atom stereocenters. The van der Waals surface area contributed by atoms with E-state index in [0.717, 1.165) is 23.9 Å². The number of rotatable bonds is 3. The predicted molar refractivity (Wildman–Crippen MR) is 86.6 cm³/mol. The van der Waals surface area contributed by atoms with E-state index in [9.17, 15) is 4.79 Å². The molecule has 114 valence electrons. The number of fused-ring (bicyclic) bond motifs is 1. The second kappa shape index (κ2) is 6.32. The number of nitrogens with zero attached hydrogens (tertiary/aromatic N) is 2. The number of nitrogens with one attached hydrogen (secondary N) is 2. The number of halogens is 1. The van der Waals surface area contributed by atoms with E-state index in [1.807, 2.05) is 6.07 Å². The van der Waals surface area contributed by atoms with E-state index >= 15 is 0 Å². The maximum Gasteiger partial charge on any atom is 0.255 e. The molecular formula is C15H21BrN4O. The van der Waals surface area contributed by atoms with Crippen molar-refractivity contribution in [2.45, 2.75) is 37.8 Å². The summed E-state index contributed by atoms with van der Waals surface area (Å²) in [6.07, 6.45) is 6.37. The molecule has 2 fully saturated rings. The molecule has 2 N–H and O–H groups in total. The molecule has 2 saturated heterocycles. The molecule has 3 rings (SSSR count). The molecule has 2 aliphatic heterocycles. The first-order valence-electron chi connectivity index (χ1n) is 7.55. The van der Waals surface area contributed by atoms with E-state index < -0.39 is 0 Å². The summed E-state index contributed by atoms with van der Waals surface area (Å²) in [5.74, 6) is 0.582. The van der Waals surface area contributed by atoms with Crippen molar-refractivity contribution in [3.8, 4) is 0 Å². The fraction of sp³-hybridized carbons (Fsp3) is 0.600. The van der Waals surface area contributed by atoms with Crippen LogP contribution in [0.25, 0.3) is 0 Å². The molecule has 1 aromatic heterocycles. The Morgan fingerprint density at radius 1 is 1.43 bits per heavy atom. The Hall–Kier alpha value is -1.14. The number of hydrogen-bond donors (Lipinski definition) is 2. The molecule has 0 bridgehead atoms. The van der Waals surface area contributed by atoms with Gasteiger partial charge in [-0.3, -0.25) is 4.79 Å². The summed E-state index contributed by atoms with van der Waals surface area (Å²) in [6.45, 7) is 2.33. The molecule has 2 aliphatic rings. The zero-order chi connectivity index (χ0) is 14.8. The van der Waals surface area contributed by atoms with Crippen molar-refractivity contribution in [3.63, 3.8) is 0 Å². The molecule has 0 radical (unpaired) electrons. The number of anilines is 1. The Bertz CT molecular complexity index is 536. The molecule has 1 aromatic rings. The second-order valence-corrected chi connectivity index (χ2v) is 6.74. The highest BCUT2D eigenvalue weighted by Gasteiger charge is 2.32. The number of piperidine rings is 1. The van der Waals surface area contributed by atoms with Gasteiger partial charge in [0.15, 0.2) is 0 Å². The largest absolute Gasteiger partial charge is 0.372 e. The van der Waals surface area contributed by atoms with Crippen LogP contribution in [0.2, 0.25) is 0 Å². The second-order valence-electron chi connectivity index (χ2n) is 5.83. The summed E-state index contributed by atoms with van der Waals surface area (Å²) in [7, 11) is 1.78. The molecule has 0 aromatic carbocycles. The smallest absolute Gasteiger partial charge is 0.255 e. The first kappa shape index (κ1) is 14.8. The monoisotopic (exact) mass is 352 g/mol. The minimum absolute atomic E-state index is 0.0374. The van der Waals surface area contributed by atoms with Gasteiger partial charge in [-0.1, -0.05) is 0 Å². The highest BCUT2D eigenvalue weighted by Crippen LogP contribution is 2.27. The lowest BCUT2D eigenvalue weighted by atomic mass is 9.97. The summed E-state index contributed by atoms with van der Waals surface area (Å²) in [6, 6.07) is 2.76. The van der Waals surface area contributed by atoms with Crippen molar-refractivity contribution < 1.29 is 4.79 Å². The van der Waals surface area contributed by atoms with E-state index in [2.05, 4.69) is 36.4 Å².